The van der Waals surface area contributed by atoms with E-state index >= 15 is 0 Å². The molecule has 0 radical (unpaired) electrons. The van der Waals surface area contributed by atoms with Gasteiger partial charge in [0.05, 0.1) is 6.61 Å². The van der Waals surface area contributed by atoms with Crippen LogP contribution in [0.1, 0.15) is 36.1 Å². The van der Waals surface area contributed by atoms with Crippen molar-refractivity contribution in [3.8, 4) is 11.8 Å². The minimum absolute atomic E-state index is 0.0552. The van der Waals surface area contributed by atoms with Crippen LogP contribution in [-0.2, 0) is 16.8 Å². The zero-order chi connectivity index (χ0) is 15.1. The second-order valence-electron chi connectivity index (χ2n) is 4.86. The van der Waals surface area contributed by atoms with Gasteiger partial charge in [-0.05, 0) is 18.9 Å². The zero-order valence-electron chi connectivity index (χ0n) is 11.8. The molecule has 0 saturated carbocycles. The van der Waals surface area contributed by atoms with Crippen molar-refractivity contribution in [3.63, 3.8) is 0 Å². The number of thiophene rings is 1. The molecule has 1 aromatic heterocycles. The first-order valence-electron chi connectivity index (χ1n) is 7.04. The van der Waals surface area contributed by atoms with E-state index in [1.54, 1.807) is 0 Å². The predicted molar refractivity (Wildman–Crippen MR) is 84.1 cm³/mol. The Bertz CT molecular complexity index is 608. The highest BCUT2D eigenvalue weighted by Gasteiger charge is 2.23. The predicted octanol–water partition coefficient (Wildman–Crippen LogP) is 1.30. The Morgan fingerprint density at radius 2 is 2.10 bits per heavy atom. The fraction of sp³-hybridized carbons (Fsp3) is 0.571. The highest BCUT2D eigenvalue weighted by atomic mass is 32.2. The van der Waals surface area contributed by atoms with E-state index in [0.717, 1.165) is 29.7 Å². The van der Waals surface area contributed by atoms with E-state index in [-0.39, 0.29) is 6.61 Å². The fourth-order valence-electron chi connectivity index (χ4n) is 2.12. The molecule has 1 aliphatic heterocycles. The lowest BCUT2D eigenvalue weighted by molar-refractivity contribution is 0.305. The molecule has 0 atom stereocenters. The van der Waals surface area contributed by atoms with Gasteiger partial charge in [-0.1, -0.05) is 18.3 Å². The largest absolute Gasteiger partial charge is 0.395 e. The topological polar surface area (TPSA) is 69.6 Å². The van der Waals surface area contributed by atoms with Crippen molar-refractivity contribution in [3.05, 3.63) is 21.9 Å². The Balaban J connectivity index is 1.89. The van der Waals surface area contributed by atoms with Crippen LogP contribution in [0.15, 0.2) is 11.4 Å². The molecule has 0 amide bonds. The summed E-state index contributed by atoms with van der Waals surface area (Å²) in [6.07, 6.45) is 3.43. The van der Waals surface area contributed by atoms with Gasteiger partial charge in [0, 0.05) is 41.9 Å². The Morgan fingerprint density at radius 1 is 1.33 bits per heavy atom. The van der Waals surface area contributed by atoms with Gasteiger partial charge in [-0.25, -0.2) is 0 Å². The van der Waals surface area contributed by atoms with Gasteiger partial charge in [-0.3, -0.25) is 0 Å². The Morgan fingerprint density at radius 3 is 2.81 bits per heavy atom. The maximum absolute atomic E-state index is 12.1. The molecule has 21 heavy (non-hydrogen) atoms. The molecule has 2 heterocycles. The van der Waals surface area contributed by atoms with Gasteiger partial charge in [0.2, 0.25) is 0 Å². The van der Waals surface area contributed by atoms with Gasteiger partial charge in [0.1, 0.15) is 0 Å². The molecular weight excluding hydrogens is 308 g/mol. The lowest BCUT2D eigenvalue weighted by Crippen LogP contribution is -2.43. The van der Waals surface area contributed by atoms with Crippen LogP contribution in [0.2, 0.25) is 0 Å². The summed E-state index contributed by atoms with van der Waals surface area (Å²) in [6, 6.07) is 1.88. The molecule has 116 valence electrons. The number of aliphatic hydroxyl groups excluding tert-OH is 1. The fourth-order valence-corrected chi connectivity index (χ4v) is 4.22. The van der Waals surface area contributed by atoms with Crippen LogP contribution in [0.4, 0.5) is 0 Å². The van der Waals surface area contributed by atoms with E-state index in [1.807, 2.05) is 11.4 Å². The van der Waals surface area contributed by atoms with Gasteiger partial charge in [0.25, 0.3) is 10.2 Å². The van der Waals surface area contributed by atoms with Crippen LogP contribution in [0.5, 0.6) is 0 Å². The number of hydrogen-bond donors (Lipinski definition) is 2. The maximum Gasteiger partial charge on any atom is 0.279 e. The maximum atomic E-state index is 12.1. The van der Waals surface area contributed by atoms with Crippen molar-refractivity contribution < 1.29 is 13.5 Å². The monoisotopic (exact) mass is 328 g/mol. The van der Waals surface area contributed by atoms with Crippen LogP contribution in [-0.4, -0.2) is 37.5 Å². The first-order chi connectivity index (χ1) is 10.1. The summed E-state index contributed by atoms with van der Waals surface area (Å²) in [7, 11) is -3.37. The average Bonchev–Trinajstić information content (AvgIpc) is 2.95. The molecule has 5 nitrogen and oxygen atoms in total. The van der Waals surface area contributed by atoms with Gasteiger partial charge < -0.3 is 5.11 Å². The number of aliphatic hydroxyl groups is 1. The molecule has 2 rings (SSSR count). The van der Waals surface area contributed by atoms with Crippen molar-refractivity contribution in [1.29, 1.82) is 0 Å². The molecule has 2 N–H and O–H groups in total. The third-order valence-electron chi connectivity index (χ3n) is 3.21. The molecule has 1 fully saturated rings. The molecule has 0 aromatic carbocycles. The molecule has 0 unspecified atom stereocenters. The van der Waals surface area contributed by atoms with E-state index in [4.69, 9.17) is 5.11 Å². The van der Waals surface area contributed by atoms with Crippen LogP contribution in [0, 0.1) is 11.8 Å². The lowest BCUT2D eigenvalue weighted by atomic mass is 10.2. The quantitative estimate of drug-likeness (QED) is 0.801. The van der Waals surface area contributed by atoms with Crippen molar-refractivity contribution in [1.82, 2.24) is 9.03 Å². The van der Waals surface area contributed by atoms with Crippen molar-refractivity contribution >= 4 is 21.5 Å². The third-order valence-corrected chi connectivity index (χ3v) is 5.70. The number of nitrogens with one attached hydrogen (secondary N) is 1. The number of nitrogens with zero attached hydrogens (tertiary/aromatic N) is 1. The Kier molecular flexibility index (Phi) is 6.21. The van der Waals surface area contributed by atoms with Gasteiger partial charge in [0.15, 0.2) is 0 Å². The second kappa shape index (κ2) is 7.92. The van der Waals surface area contributed by atoms with Crippen LogP contribution in [0.3, 0.4) is 0 Å². The molecule has 1 aliphatic rings. The lowest BCUT2D eigenvalue weighted by Gasteiger charge is -2.25. The average molecular weight is 328 g/mol. The number of hydrogen-bond acceptors (Lipinski definition) is 4. The highest BCUT2D eigenvalue weighted by Crippen LogP contribution is 2.16. The summed E-state index contributed by atoms with van der Waals surface area (Å²) in [5.41, 5.74) is 0.862. The Labute approximate surface area is 130 Å². The van der Waals surface area contributed by atoms with E-state index in [1.165, 1.54) is 15.6 Å². The van der Waals surface area contributed by atoms with E-state index < -0.39 is 10.2 Å². The number of rotatable bonds is 5. The summed E-state index contributed by atoms with van der Waals surface area (Å²) in [6.45, 7) is 1.57. The number of piperidine rings is 1. The van der Waals surface area contributed by atoms with E-state index in [0.29, 0.717) is 26.1 Å². The highest BCUT2D eigenvalue weighted by molar-refractivity contribution is 7.87. The molecule has 1 aromatic rings. The zero-order valence-corrected chi connectivity index (χ0v) is 13.5. The second-order valence-corrected chi connectivity index (χ2v) is 7.61. The van der Waals surface area contributed by atoms with E-state index in [9.17, 15) is 8.42 Å². The molecular formula is C14H20N2O3S2. The van der Waals surface area contributed by atoms with Crippen LogP contribution < -0.4 is 4.72 Å². The minimum Gasteiger partial charge on any atom is -0.395 e. The third kappa shape index (κ3) is 5.09. The van der Waals surface area contributed by atoms with E-state index in [2.05, 4.69) is 16.6 Å². The molecule has 1 saturated heterocycles. The minimum atomic E-state index is -3.37. The van der Waals surface area contributed by atoms with Crippen molar-refractivity contribution in [2.45, 2.75) is 32.2 Å². The molecule has 0 aliphatic carbocycles. The van der Waals surface area contributed by atoms with Crippen molar-refractivity contribution in [2.75, 3.05) is 19.7 Å². The smallest absolute Gasteiger partial charge is 0.279 e. The van der Waals surface area contributed by atoms with Gasteiger partial charge in [-0.15, -0.1) is 11.3 Å². The molecule has 7 heteroatoms. The summed E-state index contributed by atoms with van der Waals surface area (Å²) in [5.74, 6) is 5.79. The first kappa shape index (κ1) is 16.5. The van der Waals surface area contributed by atoms with Crippen molar-refractivity contribution in [2.24, 2.45) is 0 Å². The standard InChI is InChI=1S/C14H20N2O3S2/c17-9-5-2-6-13-10-14(20-12-13)11-15-21(18,19)16-7-3-1-4-8-16/h10,12,15,17H,1,3-5,7-9,11H2. The van der Waals surface area contributed by atoms with Crippen LogP contribution in [0.25, 0.3) is 0 Å². The Hall–Kier alpha value is -0.910. The molecule has 0 bridgehead atoms. The van der Waals surface area contributed by atoms with Crippen LogP contribution >= 0.6 is 11.3 Å². The summed E-state index contributed by atoms with van der Waals surface area (Å²) < 4.78 is 28.4. The summed E-state index contributed by atoms with van der Waals surface area (Å²) >= 11 is 1.48. The summed E-state index contributed by atoms with van der Waals surface area (Å²) in [4.78, 5) is 0.934. The van der Waals surface area contributed by atoms with Gasteiger partial charge in [-0.2, -0.15) is 17.4 Å². The normalized spacial score (nSPS) is 16.4. The first-order valence-corrected chi connectivity index (χ1v) is 9.35. The SMILES string of the molecule is O=S(=O)(NCc1cc(C#CCCO)cs1)N1CCCCC1. The molecule has 0 spiro atoms. The summed E-state index contributed by atoms with van der Waals surface area (Å²) in [5, 5.41) is 10.6. The van der Waals surface area contributed by atoms with Gasteiger partial charge >= 0.3 is 0 Å².